The number of rotatable bonds is 3. The quantitative estimate of drug-likeness (QED) is 0.829. The number of phenols is 1. The monoisotopic (exact) mass is 405 g/mol. The van der Waals surface area contributed by atoms with Crippen LogP contribution in [0.2, 0.25) is 0 Å². The number of nitrogens with zero attached hydrogens (tertiary/aromatic N) is 1. The fraction of sp³-hybridized carbons (Fsp3) is 0.696. The molecule has 5 heteroatoms. The van der Waals surface area contributed by atoms with Crippen LogP contribution in [0.4, 0.5) is 0 Å². The number of Topliss-reactive ketones (excluding diaryl/α,β-unsaturated/α-hetero) is 1. The van der Waals surface area contributed by atoms with Gasteiger partial charge in [0.2, 0.25) is 0 Å². The Morgan fingerprint density at radius 1 is 1.29 bits per heavy atom. The van der Waals surface area contributed by atoms with Crippen molar-refractivity contribution in [3.8, 4) is 5.75 Å². The van der Waals surface area contributed by atoms with Crippen molar-refractivity contribution in [2.75, 3.05) is 20.2 Å². The van der Waals surface area contributed by atoms with Crippen molar-refractivity contribution >= 4 is 18.2 Å². The lowest BCUT2D eigenvalue weighted by Gasteiger charge is -2.67. The summed E-state index contributed by atoms with van der Waals surface area (Å²) in [5.74, 6) is 1.66. The highest BCUT2D eigenvalue weighted by atomic mass is 35.5. The maximum Gasteiger partial charge on any atom is 0.134 e. The molecule has 1 aromatic rings. The summed E-state index contributed by atoms with van der Waals surface area (Å²) in [5.41, 5.74) is 1.82. The summed E-state index contributed by atoms with van der Waals surface area (Å²) in [6.07, 6.45) is 7.13. The molecule has 0 radical (unpaired) electrons. The number of halogens is 1. The highest BCUT2D eigenvalue weighted by molar-refractivity contribution is 5.85. The number of likely N-dealkylation sites (tertiary alicyclic amines) is 1. The summed E-state index contributed by atoms with van der Waals surface area (Å²) in [7, 11) is 1.86. The summed E-state index contributed by atoms with van der Waals surface area (Å²) in [6, 6.07) is 6.12. The highest BCUT2D eigenvalue weighted by Crippen LogP contribution is 2.61. The molecule has 154 valence electrons. The normalized spacial score (nSPS) is 37.4. The lowest BCUT2D eigenvalue weighted by atomic mass is 9.46. The summed E-state index contributed by atoms with van der Waals surface area (Å²) in [6.45, 7) is 4.41. The topological polar surface area (TPSA) is 49.8 Å². The molecule has 1 heterocycles. The minimum Gasteiger partial charge on any atom is -0.508 e. The SMILES string of the molecule is CO[C@@]12C(C)CC(=O)C[C@@]13CCN(CC1CCC1)[C@@H]2Cc1ccc(O)cc13.Cl. The molecular weight excluding hydrogens is 374 g/mol. The molecule has 1 aromatic carbocycles. The summed E-state index contributed by atoms with van der Waals surface area (Å²) in [4.78, 5) is 15.4. The van der Waals surface area contributed by atoms with Gasteiger partial charge in [0.25, 0.3) is 0 Å². The van der Waals surface area contributed by atoms with Gasteiger partial charge in [0.1, 0.15) is 11.5 Å². The van der Waals surface area contributed by atoms with Gasteiger partial charge in [-0.05, 0) is 67.3 Å². The maximum absolute atomic E-state index is 12.8. The summed E-state index contributed by atoms with van der Waals surface area (Å²) in [5, 5.41) is 10.2. The number of carbonyl (C=O) groups is 1. The van der Waals surface area contributed by atoms with E-state index >= 15 is 0 Å². The smallest absolute Gasteiger partial charge is 0.134 e. The number of ketones is 1. The molecule has 1 N–H and O–H groups in total. The molecule has 2 bridgehead atoms. The Balaban J connectivity index is 0.00000192. The number of piperidine rings is 1. The van der Waals surface area contributed by atoms with Crippen LogP contribution >= 0.6 is 12.4 Å². The van der Waals surface area contributed by atoms with E-state index in [-0.39, 0.29) is 29.3 Å². The Morgan fingerprint density at radius 2 is 2.07 bits per heavy atom. The Hall–Kier alpha value is -1.10. The van der Waals surface area contributed by atoms with E-state index in [1.165, 1.54) is 36.9 Å². The minimum atomic E-state index is -0.344. The zero-order valence-corrected chi connectivity index (χ0v) is 17.8. The van der Waals surface area contributed by atoms with E-state index in [4.69, 9.17) is 4.74 Å². The molecule has 3 fully saturated rings. The predicted octanol–water partition coefficient (Wildman–Crippen LogP) is 3.87. The van der Waals surface area contributed by atoms with Gasteiger partial charge in [0.05, 0.1) is 5.60 Å². The van der Waals surface area contributed by atoms with E-state index in [2.05, 4.69) is 17.9 Å². The van der Waals surface area contributed by atoms with Crippen LogP contribution in [0.1, 0.15) is 56.6 Å². The molecule has 1 saturated heterocycles. The number of benzene rings is 1. The van der Waals surface area contributed by atoms with E-state index in [1.807, 2.05) is 13.2 Å². The Bertz CT molecular complexity index is 779. The molecule has 28 heavy (non-hydrogen) atoms. The van der Waals surface area contributed by atoms with Gasteiger partial charge >= 0.3 is 0 Å². The second kappa shape index (κ2) is 7.00. The molecule has 5 rings (SSSR count). The second-order valence-corrected chi connectivity index (χ2v) is 9.50. The first kappa shape index (κ1) is 20.2. The molecule has 0 aromatic heterocycles. The lowest BCUT2D eigenvalue weighted by molar-refractivity contribution is -0.211. The van der Waals surface area contributed by atoms with Gasteiger partial charge in [0.15, 0.2) is 0 Å². The number of ether oxygens (including phenoxy) is 1. The molecule has 1 aliphatic heterocycles. The average molecular weight is 406 g/mol. The standard InChI is InChI=1S/C23H31NO3.ClH/c1-15-10-19(26)13-22-8-9-24(14-16-4-3-5-16)21(23(15,22)27-2)11-17-6-7-18(25)12-20(17)22;/h6-7,12,15-16,21,25H,3-5,8-11,13-14H2,1-2H3;1H/t15?,21-,22-,23-;/m1./s1. The third-order valence-electron chi connectivity index (χ3n) is 8.35. The molecule has 4 nitrogen and oxygen atoms in total. The Labute approximate surface area is 174 Å². The first-order valence-electron chi connectivity index (χ1n) is 10.6. The predicted molar refractivity (Wildman–Crippen MR) is 111 cm³/mol. The van der Waals surface area contributed by atoms with Crippen molar-refractivity contribution in [3.05, 3.63) is 29.3 Å². The molecule has 1 unspecified atom stereocenters. The van der Waals surface area contributed by atoms with E-state index in [1.54, 1.807) is 6.07 Å². The molecule has 4 atom stereocenters. The second-order valence-electron chi connectivity index (χ2n) is 9.50. The van der Waals surface area contributed by atoms with Crippen LogP contribution in [0.15, 0.2) is 18.2 Å². The first-order valence-corrected chi connectivity index (χ1v) is 10.6. The van der Waals surface area contributed by atoms with Crippen LogP contribution in [-0.2, 0) is 21.4 Å². The van der Waals surface area contributed by atoms with Crippen LogP contribution < -0.4 is 0 Å². The Kier molecular flexibility index (Phi) is 5.05. The average Bonchev–Trinajstić information content (AvgIpc) is 2.59. The lowest BCUT2D eigenvalue weighted by Crippen LogP contribution is -2.76. The number of methoxy groups -OCH3 is 1. The number of carbonyl (C=O) groups excluding carboxylic acids is 1. The third-order valence-corrected chi connectivity index (χ3v) is 8.35. The first-order chi connectivity index (χ1) is 13.0. The van der Waals surface area contributed by atoms with Crippen molar-refractivity contribution in [3.63, 3.8) is 0 Å². The van der Waals surface area contributed by atoms with Crippen LogP contribution in [0.3, 0.4) is 0 Å². The van der Waals surface area contributed by atoms with Crippen LogP contribution in [0.5, 0.6) is 5.75 Å². The van der Waals surface area contributed by atoms with Crippen molar-refractivity contribution in [2.45, 2.75) is 68.9 Å². The van der Waals surface area contributed by atoms with Crippen molar-refractivity contribution in [1.82, 2.24) is 4.90 Å². The van der Waals surface area contributed by atoms with Crippen LogP contribution in [0.25, 0.3) is 0 Å². The molecular formula is C23H32ClNO3. The van der Waals surface area contributed by atoms with Gasteiger partial charge in [-0.25, -0.2) is 0 Å². The molecule has 0 amide bonds. The van der Waals surface area contributed by atoms with Gasteiger partial charge in [0, 0.05) is 38.0 Å². The van der Waals surface area contributed by atoms with Gasteiger partial charge in [-0.1, -0.05) is 19.4 Å². The largest absolute Gasteiger partial charge is 0.508 e. The number of aromatic hydroxyl groups is 1. The van der Waals surface area contributed by atoms with Gasteiger partial charge in [-0.3, -0.25) is 9.69 Å². The number of hydrogen-bond acceptors (Lipinski definition) is 4. The Morgan fingerprint density at radius 3 is 2.75 bits per heavy atom. The highest BCUT2D eigenvalue weighted by Gasteiger charge is 2.68. The van der Waals surface area contributed by atoms with Crippen LogP contribution in [0, 0.1) is 11.8 Å². The van der Waals surface area contributed by atoms with Gasteiger partial charge in [-0.2, -0.15) is 0 Å². The fourth-order valence-electron chi connectivity index (χ4n) is 7.08. The van der Waals surface area contributed by atoms with Crippen molar-refractivity contribution in [2.24, 2.45) is 11.8 Å². The summed E-state index contributed by atoms with van der Waals surface area (Å²) >= 11 is 0. The molecule has 2 saturated carbocycles. The van der Waals surface area contributed by atoms with Gasteiger partial charge < -0.3 is 9.84 Å². The maximum atomic E-state index is 12.8. The molecule has 3 aliphatic carbocycles. The van der Waals surface area contributed by atoms with E-state index in [0.717, 1.165) is 25.3 Å². The molecule has 4 aliphatic rings. The van der Waals surface area contributed by atoms with E-state index in [0.29, 0.717) is 30.4 Å². The van der Waals surface area contributed by atoms with Crippen molar-refractivity contribution < 1.29 is 14.6 Å². The fourth-order valence-corrected chi connectivity index (χ4v) is 7.08. The third kappa shape index (κ3) is 2.54. The summed E-state index contributed by atoms with van der Waals surface area (Å²) < 4.78 is 6.49. The van der Waals surface area contributed by atoms with Gasteiger partial charge in [-0.15, -0.1) is 12.4 Å². The van der Waals surface area contributed by atoms with Crippen LogP contribution in [-0.4, -0.2) is 47.6 Å². The zero-order valence-electron chi connectivity index (χ0n) is 16.9. The zero-order chi connectivity index (χ0) is 18.8. The van der Waals surface area contributed by atoms with Crippen molar-refractivity contribution in [1.29, 1.82) is 0 Å². The van der Waals surface area contributed by atoms with E-state index in [9.17, 15) is 9.90 Å². The van der Waals surface area contributed by atoms with E-state index < -0.39 is 0 Å². The number of hydrogen-bond donors (Lipinski definition) is 1. The molecule has 0 spiro atoms. The number of fused-ring (bicyclic) bond motifs is 1. The minimum absolute atomic E-state index is 0. The number of phenolic OH excluding ortho intramolecular Hbond substituents is 1.